The normalized spacial score (nSPS) is 20.5. The molecule has 3 aromatic heterocycles. The molecule has 17 heteroatoms. The first-order valence-corrected chi connectivity index (χ1v) is 18.7. The molecule has 0 radical (unpaired) electrons. The number of fused-ring (bicyclic) bond motifs is 6. The van der Waals surface area contributed by atoms with E-state index >= 15 is 0 Å². The third-order valence-electron chi connectivity index (χ3n) is 10.4. The quantitative estimate of drug-likeness (QED) is 0.194. The molecule has 4 N–H and O–H groups in total. The van der Waals surface area contributed by atoms with E-state index in [0.29, 0.717) is 44.4 Å². The SMILES string of the molecule is COC(=O)N[C@H]1COCCCCOc2cc(-c3ccc(-c4cnc([C@@H]5CCCN5C(=O)Cc5nn[nH]n5)[nH]4)cc3)ccc2-c2cnc([nH]2)[C@@H]2CCCN2C1=O. The summed E-state index contributed by atoms with van der Waals surface area (Å²) in [5.74, 6) is 2.25. The van der Waals surface area contributed by atoms with Crippen molar-refractivity contribution in [2.75, 3.05) is 40.0 Å². The molecular formula is C38H43N11O6. The molecule has 286 valence electrons. The Labute approximate surface area is 316 Å². The highest BCUT2D eigenvalue weighted by Crippen LogP contribution is 2.38. The number of carbonyl (C=O) groups is 3. The van der Waals surface area contributed by atoms with Crippen LogP contribution in [0, 0.1) is 0 Å². The van der Waals surface area contributed by atoms with Crippen LogP contribution in [-0.4, -0.2) is 114 Å². The van der Waals surface area contributed by atoms with Gasteiger partial charge in [0.1, 0.15) is 23.4 Å². The average molecular weight is 750 g/mol. The van der Waals surface area contributed by atoms with Gasteiger partial charge in [-0.25, -0.2) is 14.8 Å². The van der Waals surface area contributed by atoms with Gasteiger partial charge < -0.3 is 39.3 Å². The standard InChI is InChI=1S/C38H43N11O6/c1-53-38(52)43-29-22-54-16-2-3-17-55-32-18-25(12-13-26(32)28-21-40-36(42-28)31-7-5-15-49(31)37(29)51)23-8-10-24(11-9-23)27-20-39-35(41-27)30-6-4-14-48(30)34(50)19-33-44-46-47-45-33/h8-13,18,20-21,29-31H,2-7,14-17,19,22H2,1H3,(H,39,41)(H,40,42)(H,43,52)(H,44,45,46,47)/t29-,30-,31-/m0/s1. The van der Waals surface area contributed by atoms with Crippen LogP contribution in [0.1, 0.15) is 68.1 Å². The van der Waals surface area contributed by atoms with Gasteiger partial charge in [-0.15, -0.1) is 10.2 Å². The van der Waals surface area contributed by atoms with Crippen molar-refractivity contribution in [3.63, 3.8) is 0 Å². The molecule has 2 saturated heterocycles. The summed E-state index contributed by atoms with van der Waals surface area (Å²) in [7, 11) is 1.27. The average Bonchev–Trinajstić information content (AvgIpc) is 4.06. The highest BCUT2D eigenvalue weighted by atomic mass is 16.5. The number of likely N-dealkylation sites (tertiary alicyclic amines) is 1. The van der Waals surface area contributed by atoms with Crippen molar-refractivity contribution in [2.45, 2.75) is 63.1 Å². The number of nitrogens with one attached hydrogen (secondary N) is 4. The van der Waals surface area contributed by atoms with Crippen LogP contribution in [0.5, 0.6) is 5.75 Å². The number of tetrazole rings is 1. The summed E-state index contributed by atoms with van der Waals surface area (Å²) in [6.07, 6.45) is 7.72. The second kappa shape index (κ2) is 16.1. The van der Waals surface area contributed by atoms with Gasteiger partial charge in [-0.2, -0.15) is 5.21 Å². The second-order valence-corrected chi connectivity index (χ2v) is 13.9. The maximum atomic E-state index is 13.7. The van der Waals surface area contributed by atoms with Crippen LogP contribution in [0.25, 0.3) is 33.6 Å². The molecule has 0 saturated carbocycles. The number of benzene rings is 2. The Kier molecular flexibility index (Phi) is 10.5. The number of H-pyrrole nitrogens is 3. The van der Waals surface area contributed by atoms with Crippen molar-refractivity contribution >= 4 is 17.9 Å². The molecule has 8 rings (SSSR count). The topological polar surface area (TPSA) is 209 Å². The van der Waals surface area contributed by atoms with E-state index in [4.69, 9.17) is 19.2 Å². The number of aromatic nitrogens is 8. The first-order valence-electron chi connectivity index (χ1n) is 18.7. The molecule has 0 aliphatic carbocycles. The summed E-state index contributed by atoms with van der Waals surface area (Å²) in [5, 5.41) is 16.4. The van der Waals surface area contributed by atoms with E-state index in [1.807, 2.05) is 23.2 Å². The molecule has 17 nitrogen and oxygen atoms in total. The van der Waals surface area contributed by atoms with Crippen molar-refractivity contribution in [1.82, 2.24) is 55.7 Å². The summed E-state index contributed by atoms with van der Waals surface area (Å²) in [6, 6.07) is 13.1. The van der Waals surface area contributed by atoms with Gasteiger partial charge in [0.05, 0.1) is 62.6 Å². The predicted octanol–water partition coefficient (Wildman–Crippen LogP) is 4.13. The summed E-state index contributed by atoms with van der Waals surface area (Å²) in [4.78, 5) is 58.7. The van der Waals surface area contributed by atoms with Gasteiger partial charge in [0.15, 0.2) is 5.82 Å². The lowest BCUT2D eigenvalue weighted by Gasteiger charge is -2.28. The van der Waals surface area contributed by atoms with Crippen molar-refractivity contribution in [3.8, 4) is 39.4 Å². The van der Waals surface area contributed by atoms with Crippen molar-refractivity contribution in [1.29, 1.82) is 0 Å². The van der Waals surface area contributed by atoms with Gasteiger partial charge >= 0.3 is 6.09 Å². The molecule has 3 aliphatic rings. The number of methoxy groups -OCH3 is 1. The number of aromatic amines is 3. The lowest BCUT2D eigenvalue weighted by atomic mass is 10.00. The van der Waals surface area contributed by atoms with Crippen LogP contribution < -0.4 is 10.1 Å². The van der Waals surface area contributed by atoms with Crippen LogP contribution in [0.2, 0.25) is 0 Å². The Balaban J connectivity index is 1.00. The number of imidazole rings is 2. The summed E-state index contributed by atoms with van der Waals surface area (Å²) in [5.41, 5.74) is 5.51. The smallest absolute Gasteiger partial charge is 0.407 e. The van der Waals surface area contributed by atoms with Crippen molar-refractivity contribution in [3.05, 3.63) is 72.3 Å². The third-order valence-corrected chi connectivity index (χ3v) is 10.4. The first-order chi connectivity index (χ1) is 26.9. The van der Waals surface area contributed by atoms with Gasteiger partial charge in [0, 0.05) is 25.3 Å². The third kappa shape index (κ3) is 7.78. The van der Waals surface area contributed by atoms with E-state index in [1.165, 1.54) is 7.11 Å². The largest absolute Gasteiger partial charge is 0.493 e. The number of hydrogen-bond acceptors (Lipinski definition) is 11. The molecule has 55 heavy (non-hydrogen) atoms. The minimum absolute atomic E-state index is 0.0393. The molecule has 2 fully saturated rings. The minimum atomic E-state index is -0.869. The Morgan fingerprint density at radius 2 is 1.62 bits per heavy atom. The van der Waals surface area contributed by atoms with Gasteiger partial charge in [-0.1, -0.05) is 35.5 Å². The molecule has 5 aromatic rings. The second-order valence-electron chi connectivity index (χ2n) is 13.9. The number of amides is 3. The van der Waals surface area contributed by atoms with Crippen LogP contribution in [0.4, 0.5) is 4.79 Å². The molecule has 3 amide bonds. The van der Waals surface area contributed by atoms with E-state index in [2.05, 4.69) is 71.2 Å². The van der Waals surface area contributed by atoms with Gasteiger partial charge in [-0.05, 0) is 67.3 Å². The van der Waals surface area contributed by atoms with E-state index in [-0.39, 0.29) is 36.9 Å². The minimum Gasteiger partial charge on any atom is -0.493 e. The number of rotatable bonds is 6. The molecule has 0 unspecified atom stereocenters. The Morgan fingerprint density at radius 1 is 0.891 bits per heavy atom. The van der Waals surface area contributed by atoms with Crippen LogP contribution in [0.15, 0.2) is 54.9 Å². The molecule has 6 heterocycles. The molecular weight excluding hydrogens is 706 g/mol. The number of hydrogen-bond donors (Lipinski definition) is 4. The zero-order valence-electron chi connectivity index (χ0n) is 30.5. The van der Waals surface area contributed by atoms with Gasteiger partial charge in [0.2, 0.25) is 11.8 Å². The molecule has 2 bridgehead atoms. The number of alkyl carbamates (subject to hydrolysis) is 1. The monoisotopic (exact) mass is 749 g/mol. The highest BCUT2D eigenvalue weighted by molar-refractivity contribution is 5.86. The maximum Gasteiger partial charge on any atom is 0.407 e. The van der Waals surface area contributed by atoms with Crippen LogP contribution >= 0.6 is 0 Å². The van der Waals surface area contributed by atoms with Crippen LogP contribution in [-0.2, 0) is 25.5 Å². The lowest BCUT2D eigenvalue weighted by molar-refractivity contribution is -0.136. The van der Waals surface area contributed by atoms with Gasteiger partial charge in [-0.3, -0.25) is 9.59 Å². The van der Waals surface area contributed by atoms with Crippen molar-refractivity contribution < 1.29 is 28.6 Å². The van der Waals surface area contributed by atoms with E-state index < -0.39 is 12.1 Å². The first kappa shape index (κ1) is 35.9. The van der Waals surface area contributed by atoms with E-state index in [0.717, 1.165) is 77.3 Å². The molecule has 0 spiro atoms. The summed E-state index contributed by atoms with van der Waals surface area (Å²) < 4.78 is 17.1. The van der Waals surface area contributed by atoms with Crippen LogP contribution in [0.3, 0.4) is 0 Å². The summed E-state index contributed by atoms with van der Waals surface area (Å²) in [6.45, 7) is 2.12. The number of carbonyl (C=O) groups excluding carboxylic acids is 3. The fourth-order valence-electron chi connectivity index (χ4n) is 7.61. The molecule has 3 aliphatic heterocycles. The highest BCUT2D eigenvalue weighted by Gasteiger charge is 2.37. The maximum absolute atomic E-state index is 13.7. The fourth-order valence-corrected chi connectivity index (χ4v) is 7.61. The van der Waals surface area contributed by atoms with E-state index in [9.17, 15) is 14.4 Å². The Bertz CT molecular complexity index is 2110. The Morgan fingerprint density at radius 3 is 2.44 bits per heavy atom. The summed E-state index contributed by atoms with van der Waals surface area (Å²) >= 11 is 0. The predicted molar refractivity (Wildman–Crippen MR) is 197 cm³/mol. The molecule has 2 aromatic carbocycles. The van der Waals surface area contributed by atoms with Gasteiger partial charge in [0.25, 0.3) is 0 Å². The fraction of sp³-hybridized carbons (Fsp3) is 0.421. The lowest BCUT2D eigenvalue weighted by Crippen LogP contribution is -2.50. The van der Waals surface area contributed by atoms with E-state index in [1.54, 1.807) is 11.1 Å². The zero-order valence-corrected chi connectivity index (χ0v) is 30.5. The number of ether oxygens (including phenoxy) is 3. The van der Waals surface area contributed by atoms with Crippen molar-refractivity contribution in [2.24, 2.45) is 0 Å². The Hall–Kier alpha value is -6.10. The zero-order chi connectivity index (χ0) is 37.7. The molecule has 3 atom stereocenters. The number of nitrogens with zero attached hydrogens (tertiary/aromatic N) is 7.